The minimum atomic E-state index is -1.60. The maximum atomic E-state index is 8.78. The van der Waals surface area contributed by atoms with Gasteiger partial charge in [0.15, 0.2) is 11.4 Å². The first-order valence-electron chi connectivity index (χ1n) is 3.49. The van der Waals surface area contributed by atoms with Gasteiger partial charge in [-0.05, 0) is 6.07 Å². The molecular weight excluding hydrogens is 171 g/mol. The molecule has 1 heterocycles. The van der Waals surface area contributed by atoms with Crippen LogP contribution in [0.4, 0.5) is 0 Å². The van der Waals surface area contributed by atoms with E-state index in [4.69, 9.17) is 20.0 Å². The van der Waals surface area contributed by atoms with Crippen molar-refractivity contribution in [1.82, 2.24) is 4.98 Å². The van der Waals surface area contributed by atoms with Crippen LogP contribution < -0.4 is 10.2 Å². The molecule has 2 N–H and O–H groups in total. The summed E-state index contributed by atoms with van der Waals surface area (Å²) in [4.78, 5) is 3.68. The predicted molar refractivity (Wildman–Crippen MR) is 45.3 cm³/mol. The Hall–Kier alpha value is -1.58. The number of rotatable bonds is 2. The second kappa shape index (κ2) is 3.89. The fourth-order valence-electron chi connectivity index (χ4n) is 0.840. The Morgan fingerprint density at radius 1 is 1.62 bits per heavy atom. The number of methoxy groups -OCH3 is 1. The number of ether oxygens (including phenoxy) is 1. The Kier molecular flexibility index (Phi) is 2.85. The zero-order valence-electron chi connectivity index (χ0n) is 6.93. The predicted octanol–water partition coefficient (Wildman–Crippen LogP) is -1.36. The van der Waals surface area contributed by atoms with E-state index in [2.05, 4.69) is 4.98 Å². The molecule has 0 saturated carbocycles. The molecule has 1 aromatic rings. The van der Waals surface area contributed by atoms with Crippen LogP contribution in [0.25, 0.3) is 0 Å². The van der Waals surface area contributed by atoms with Gasteiger partial charge in [0.25, 0.3) is 0 Å². The average Bonchev–Trinajstić information content (AvgIpc) is 2.16. The molecular formula is C7H7BN2O3. The van der Waals surface area contributed by atoms with E-state index in [9.17, 15) is 0 Å². The first kappa shape index (κ1) is 9.51. The van der Waals surface area contributed by atoms with E-state index >= 15 is 0 Å². The van der Waals surface area contributed by atoms with Crippen LogP contribution in [0.1, 0.15) is 5.69 Å². The van der Waals surface area contributed by atoms with Crippen molar-refractivity contribution < 1.29 is 14.8 Å². The molecule has 0 radical (unpaired) electrons. The zero-order chi connectivity index (χ0) is 9.84. The molecule has 0 unspecified atom stereocenters. The van der Waals surface area contributed by atoms with Gasteiger partial charge >= 0.3 is 7.12 Å². The number of pyridine rings is 1. The van der Waals surface area contributed by atoms with Crippen LogP contribution in [0.2, 0.25) is 0 Å². The highest BCUT2D eigenvalue weighted by Crippen LogP contribution is 2.11. The van der Waals surface area contributed by atoms with Crippen molar-refractivity contribution in [3.63, 3.8) is 0 Å². The highest BCUT2D eigenvalue weighted by atomic mass is 16.5. The Labute approximate surface area is 75.4 Å². The molecule has 0 saturated heterocycles. The quantitative estimate of drug-likeness (QED) is 0.546. The van der Waals surface area contributed by atoms with Gasteiger partial charge in [0.05, 0.1) is 7.11 Å². The molecule has 66 valence electrons. The summed E-state index contributed by atoms with van der Waals surface area (Å²) in [5, 5.41) is 26.1. The largest absolute Gasteiger partial charge is 0.494 e. The van der Waals surface area contributed by atoms with Gasteiger partial charge in [-0.1, -0.05) is 0 Å². The number of hydrogen-bond acceptors (Lipinski definition) is 5. The second-order valence-electron chi connectivity index (χ2n) is 2.30. The fraction of sp³-hybridized carbons (Fsp3) is 0.143. The number of nitriles is 1. The van der Waals surface area contributed by atoms with Gasteiger partial charge in [-0.25, -0.2) is 4.98 Å². The summed E-state index contributed by atoms with van der Waals surface area (Å²) in [5.74, 6) is 0.230. The van der Waals surface area contributed by atoms with Crippen LogP contribution in [0.15, 0.2) is 12.3 Å². The highest BCUT2D eigenvalue weighted by Gasteiger charge is 2.14. The normalized spacial score (nSPS) is 9.08. The van der Waals surface area contributed by atoms with Crippen molar-refractivity contribution in [2.75, 3.05) is 7.11 Å². The standard InChI is InChI=1S/C7H7BN2O3/c1-13-7-2-5(8(11)12)4-10-6(7)3-9/h2,4,11-12H,1H3. The van der Waals surface area contributed by atoms with E-state index in [1.807, 2.05) is 6.07 Å². The molecule has 0 aliphatic rings. The van der Waals surface area contributed by atoms with Gasteiger partial charge in [0, 0.05) is 11.7 Å². The first-order valence-corrected chi connectivity index (χ1v) is 3.49. The smallest absolute Gasteiger partial charge is 0.490 e. The van der Waals surface area contributed by atoms with Gasteiger partial charge in [-0.15, -0.1) is 0 Å². The molecule has 0 aliphatic carbocycles. The molecule has 0 atom stereocenters. The Bertz CT molecular complexity index is 348. The zero-order valence-corrected chi connectivity index (χ0v) is 6.93. The molecule has 0 spiro atoms. The third kappa shape index (κ3) is 1.96. The molecule has 5 nitrogen and oxygen atoms in total. The van der Waals surface area contributed by atoms with E-state index in [0.717, 1.165) is 0 Å². The van der Waals surface area contributed by atoms with Gasteiger partial charge in [0.1, 0.15) is 6.07 Å². The number of hydrogen-bond donors (Lipinski definition) is 2. The van der Waals surface area contributed by atoms with E-state index < -0.39 is 7.12 Å². The molecule has 1 aromatic heterocycles. The molecule has 0 fully saturated rings. The SMILES string of the molecule is COc1cc(B(O)O)cnc1C#N. The van der Waals surface area contributed by atoms with Crippen molar-refractivity contribution in [2.24, 2.45) is 0 Å². The van der Waals surface area contributed by atoms with Crippen LogP contribution in [0.3, 0.4) is 0 Å². The Morgan fingerprint density at radius 3 is 2.77 bits per heavy atom. The van der Waals surface area contributed by atoms with Crippen LogP contribution in [0, 0.1) is 11.3 Å². The lowest BCUT2D eigenvalue weighted by Crippen LogP contribution is -2.30. The summed E-state index contributed by atoms with van der Waals surface area (Å²) in [6.45, 7) is 0. The van der Waals surface area contributed by atoms with Gasteiger partial charge < -0.3 is 14.8 Å². The summed E-state index contributed by atoms with van der Waals surface area (Å²) in [7, 11) is -0.222. The van der Waals surface area contributed by atoms with Gasteiger partial charge in [-0.2, -0.15) is 5.26 Å². The Morgan fingerprint density at radius 2 is 2.31 bits per heavy atom. The van der Waals surface area contributed by atoms with Crippen LogP contribution in [-0.4, -0.2) is 29.3 Å². The number of aromatic nitrogens is 1. The molecule has 0 bridgehead atoms. The topological polar surface area (TPSA) is 86.4 Å². The maximum Gasteiger partial charge on any atom is 0.490 e. The van der Waals surface area contributed by atoms with E-state index in [0.29, 0.717) is 0 Å². The average molecular weight is 178 g/mol. The monoisotopic (exact) mass is 178 g/mol. The van der Waals surface area contributed by atoms with E-state index in [1.54, 1.807) is 0 Å². The lowest BCUT2D eigenvalue weighted by molar-refractivity contribution is 0.409. The van der Waals surface area contributed by atoms with Crippen molar-refractivity contribution in [1.29, 1.82) is 5.26 Å². The van der Waals surface area contributed by atoms with Crippen LogP contribution in [0.5, 0.6) is 5.75 Å². The van der Waals surface area contributed by atoms with E-state index in [-0.39, 0.29) is 16.9 Å². The van der Waals surface area contributed by atoms with Crippen molar-refractivity contribution in [3.05, 3.63) is 18.0 Å². The van der Waals surface area contributed by atoms with Crippen molar-refractivity contribution >= 4 is 12.6 Å². The molecule has 0 amide bonds. The second-order valence-corrected chi connectivity index (χ2v) is 2.30. The third-order valence-corrected chi connectivity index (χ3v) is 1.50. The third-order valence-electron chi connectivity index (χ3n) is 1.50. The lowest BCUT2D eigenvalue weighted by Gasteiger charge is -2.03. The van der Waals surface area contributed by atoms with E-state index in [1.165, 1.54) is 19.4 Å². The highest BCUT2D eigenvalue weighted by molar-refractivity contribution is 6.58. The molecule has 6 heteroatoms. The summed E-state index contributed by atoms with van der Waals surface area (Å²) in [5.41, 5.74) is 0.308. The summed E-state index contributed by atoms with van der Waals surface area (Å²) < 4.78 is 4.82. The summed E-state index contributed by atoms with van der Waals surface area (Å²) >= 11 is 0. The molecule has 0 aromatic carbocycles. The van der Waals surface area contributed by atoms with Gasteiger partial charge in [0.2, 0.25) is 0 Å². The summed E-state index contributed by atoms with van der Waals surface area (Å²) in [6.07, 6.45) is 1.21. The molecule has 13 heavy (non-hydrogen) atoms. The molecule has 1 rings (SSSR count). The summed E-state index contributed by atoms with van der Waals surface area (Å²) in [6, 6.07) is 3.17. The van der Waals surface area contributed by atoms with Crippen molar-refractivity contribution in [2.45, 2.75) is 0 Å². The van der Waals surface area contributed by atoms with Crippen LogP contribution in [-0.2, 0) is 0 Å². The lowest BCUT2D eigenvalue weighted by atomic mass is 9.81. The minimum Gasteiger partial charge on any atom is -0.494 e. The minimum absolute atomic E-state index is 0.118. The van der Waals surface area contributed by atoms with Crippen LogP contribution >= 0.6 is 0 Å². The molecule has 0 aliphatic heterocycles. The maximum absolute atomic E-state index is 8.78. The Balaban J connectivity index is 3.15. The number of nitrogens with zero attached hydrogens (tertiary/aromatic N) is 2. The van der Waals surface area contributed by atoms with Gasteiger partial charge in [-0.3, -0.25) is 0 Å². The first-order chi connectivity index (χ1) is 6.19. The fourth-order valence-corrected chi connectivity index (χ4v) is 0.840. The van der Waals surface area contributed by atoms with Crippen molar-refractivity contribution in [3.8, 4) is 11.8 Å².